The van der Waals surface area contributed by atoms with Crippen LogP contribution in [0.15, 0.2) is 24.3 Å². The summed E-state index contributed by atoms with van der Waals surface area (Å²) in [5.74, 6) is -0.653. The molecule has 1 aliphatic carbocycles. The van der Waals surface area contributed by atoms with E-state index in [2.05, 4.69) is 5.32 Å². The summed E-state index contributed by atoms with van der Waals surface area (Å²) in [6.45, 7) is 1.30. The summed E-state index contributed by atoms with van der Waals surface area (Å²) >= 11 is 0. The van der Waals surface area contributed by atoms with Gasteiger partial charge in [0.1, 0.15) is 17.9 Å². The molecule has 0 radical (unpaired) electrons. The summed E-state index contributed by atoms with van der Waals surface area (Å²) in [7, 11) is 0. The molecule has 1 atom stereocenters. The fourth-order valence-corrected chi connectivity index (χ4v) is 2.88. The van der Waals surface area contributed by atoms with E-state index in [1.165, 1.54) is 0 Å². The second kappa shape index (κ2) is 6.58. The molecule has 0 bridgehead atoms. The number of carboxylic acid groups (broad SMARTS) is 1. The van der Waals surface area contributed by atoms with Crippen LogP contribution in [0.4, 0.5) is 0 Å². The van der Waals surface area contributed by atoms with Crippen LogP contribution in [-0.2, 0) is 9.53 Å². The van der Waals surface area contributed by atoms with E-state index in [9.17, 15) is 14.7 Å². The Labute approximate surface area is 134 Å². The zero-order chi connectivity index (χ0) is 16.3. The van der Waals surface area contributed by atoms with Crippen LogP contribution in [0.2, 0.25) is 0 Å². The molecule has 1 saturated heterocycles. The van der Waals surface area contributed by atoms with Gasteiger partial charge in [-0.15, -0.1) is 0 Å². The van der Waals surface area contributed by atoms with Crippen molar-refractivity contribution in [1.82, 2.24) is 5.32 Å². The Kier molecular flexibility index (Phi) is 4.52. The number of rotatable bonds is 6. The van der Waals surface area contributed by atoms with Crippen molar-refractivity contribution in [3.05, 3.63) is 29.8 Å². The van der Waals surface area contributed by atoms with Crippen molar-refractivity contribution >= 4 is 11.9 Å². The summed E-state index contributed by atoms with van der Waals surface area (Å²) in [4.78, 5) is 23.5. The van der Waals surface area contributed by atoms with Gasteiger partial charge in [-0.3, -0.25) is 4.79 Å². The molecule has 6 heteroatoms. The van der Waals surface area contributed by atoms with Gasteiger partial charge in [0.15, 0.2) is 0 Å². The number of aliphatic carboxylic acids is 1. The highest BCUT2D eigenvalue weighted by atomic mass is 16.5. The number of hydrogen-bond donors (Lipinski definition) is 2. The first-order valence-corrected chi connectivity index (χ1v) is 7.99. The van der Waals surface area contributed by atoms with Crippen LogP contribution >= 0.6 is 0 Å². The molecule has 1 aromatic rings. The number of carboxylic acids is 1. The van der Waals surface area contributed by atoms with Crippen molar-refractivity contribution in [2.45, 2.75) is 43.7 Å². The molecule has 3 rings (SSSR count). The van der Waals surface area contributed by atoms with Crippen LogP contribution in [0, 0.1) is 0 Å². The number of carbonyl (C=O) groups excluding carboxylic acids is 1. The molecule has 2 fully saturated rings. The second-order valence-electron chi connectivity index (χ2n) is 6.17. The number of nitrogens with one attached hydrogen (secondary N) is 1. The fraction of sp³-hybridized carbons (Fsp3) is 0.529. The molecule has 124 valence electrons. The molecular weight excluding hydrogens is 298 g/mol. The van der Waals surface area contributed by atoms with Crippen LogP contribution in [0.5, 0.6) is 5.75 Å². The predicted octanol–water partition coefficient (Wildman–Crippen LogP) is 1.98. The maximum atomic E-state index is 12.2. The second-order valence-corrected chi connectivity index (χ2v) is 6.17. The minimum Gasteiger partial charge on any atom is -0.491 e. The molecule has 1 unspecified atom stereocenters. The van der Waals surface area contributed by atoms with Crippen molar-refractivity contribution in [3.63, 3.8) is 0 Å². The standard InChI is InChI=1S/C17H21NO5/c19-15(18-17(16(20)21)8-2-9-17)12-4-6-13(7-5-12)23-11-14-3-1-10-22-14/h4-7,14H,1-3,8-11H2,(H,18,19)(H,20,21). The Morgan fingerprint density at radius 1 is 1.26 bits per heavy atom. The Balaban J connectivity index is 1.55. The Bertz CT molecular complexity index is 573. The molecule has 0 spiro atoms. The fourth-order valence-electron chi connectivity index (χ4n) is 2.88. The van der Waals surface area contributed by atoms with Gasteiger partial charge in [0.25, 0.3) is 5.91 Å². The van der Waals surface area contributed by atoms with Crippen LogP contribution < -0.4 is 10.1 Å². The minimum absolute atomic E-state index is 0.145. The first-order chi connectivity index (χ1) is 11.1. The molecule has 1 aromatic carbocycles. The largest absolute Gasteiger partial charge is 0.491 e. The van der Waals surface area contributed by atoms with Crippen molar-refractivity contribution in [3.8, 4) is 5.75 Å². The average molecular weight is 319 g/mol. The van der Waals surface area contributed by atoms with Gasteiger partial charge in [-0.2, -0.15) is 0 Å². The van der Waals surface area contributed by atoms with Crippen molar-refractivity contribution in [1.29, 1.82) is 0 Å². The minimum atomic E-state index is -1.09. The van der Waals surface area contributed by atoms with Gasteiger partial charge in [-0.1, -0.05) is 0 Å². The number of amides is 1. The molecule has 2 N–H and O–H groups in total. The predicted molar refractivity (Wildman–Crippen MR) is 82.6 cm³/mol. The highest BCUT2D eigenvalue weighted by molar-refractivity contribution is 5.98. The Morgan fingerprint density at radius 2 is 2.00 bits per heavy atom. The van der Waals surface area contributed by atoms with E-state index in [0.717, 1.165) is 25.9 Å². The van der Waals surface area contributed by atoms with Gasteiger partial charge in [0.2, 0.25) is 0 Å². The first-order valence-electron chi connectivity index (χ1n) is 7.99. The van der Waals surface area contributed by atoms with Crippen LogP contribution in [0.25, 0.3) is 0 Å². The highest BCUT2D eigenvalue weighted by Crippen LogP contribution is 2.32. The summed E-state index contributed by atoms with van der Waals surface area (Å²) in [5.41, 5.74) is -0.659. The van der Waals surface area contributed by atoms with E-state index < -0.39 is 11.5 Å². The lowest BCUT2D eigenvalue weighted by atomic mass is 9.76. The zero-order valence-corrected chi connectivity index (χ0v) is 12.9. The first kappa shape index (κ1) is 15.8. The number of hydrogen-bond acceptors (Lipinski definition) is 4. The molecule has 1 heterocycles. The van der Waals surface area contributed by atoms with Crippen molar-refractivity contribution in [2.24, 2.45) is 0 Å². The molecule has 6 nitrogen and oxygen atoms in total. The van der Waals surface area contributed by atoms with E-state index in [-0.39, 0.29) is 12.0 Å². The lowest BCUT2D eigenvalue weighted by Crippen LogP contribution is -2.59. The average Bonchev–Trinajstić information content (AvgIpc) is 3.02. The molecule has 23 heavy (non-hydrogen) atoms. The van der Waals surface area contributed by atoms with Gasteiger partial charge in [-0.25, -0.2) is 4.79 Å². The third-order valence-corrected chi connectivity index (χ3v) is 4.55. The lowest BCUT2D eigenvalue weighted by Gasteiger charge is -2.38. The lowest BCUT2D eigenvalue weighted by molar-refractivity contribution is -0.148. The topological polar surface area (TPSA) is 84.9 Å². The number of ether oxygens (including phenoxy) is 2. The summed E-state index contributed by atoms with van der Waals surface area (Å²) in [5, 5.41) is 11.9. The smallest absolute Gasteiger partial charge is 0.329 e. The summed E-state index contributed by atoms with van der Waals surface area (Å²) in [6, 6.07) is 6.74. The maximum absolute atomic E-state index is 12.2. The Morgan fingerprint density at radius 3 is 2.52 bits per heavy atom. The van der Waals surface area contributed by atoms with Crippen molar-refractivity contribution in [2.75, 3.05) is 13.2 Å². The molecule has 1 amide bonds. The third kappa shape index (κ3) is 3.47. The van der Waals surface area contributed by atoms with E-state index in [0.29, 0.717) is 30.8 Å². The van der Waals surface area contributed by atoms with Crippen molar-refractivity contribution < 1.29 is 24.2 Å². The van der Waals surface area contributed by atoms with Crippen LogP contribution in [-0.4, -0.2) is 41.8 Å². The van der Waals surface area contributed by atoms with E-state index in [1.807, 2.05) is 0 Å². The molecule has 1 saturated carbocycles. The van der Waals surface area contributed by atoms with E-state index in [1.54, 1.807) is 24.3 Å². The number of benzene rings is 1. The zero-order valence-electron chi connectivity index (χ0n) is 12.9. The van der Waals surface area contributed by atoms with Gasteiger partial charge < -0.3 is 19.9 Å². The SMILES string of the molecule is O=C(NC1(C(=O)O)CCC1)c1ccc(OCC2CCCO2)cc1. The van der Waals surface area contributed by atoms with Gasteiger partial charge in [0, 0.05) is 12.2 Å². The number of carbonyl (C=O) groups is 2. The monoisotopic (exact) mass is 319 g/mol. The van der Waals surface area contributed by atoms with E-state index in [4.69, 9.17) is 9.47 Å². The molecule has 2 aliphatic rings. The van der Waals surface area contributed by atoms with Gasteiger partial charge in [-0.05, 0) is 56.4 Å². The molecule has 0 aromatic heterocycles. The normalized spacial score (nSPS) is 22.2. The van der Waals surface area contributed by atoms with Crippen LogP contribution in [0.1, 0.15) is 42.5 Å². The Hall–Kier alpha value is -2.08. The summed E-state index contributed by atoms with van der Waals surface area (Å²) in [6.07, 6.45) is 4.01. The maximum Gasteiger partial charge on any atom is 0.329 e. The molecular formula is C17H21NO5. The quantitative estimate of drug-likeness (QED) is 0.837. The van der Waals surface area contributed by atoms with Gasteiger partial charge in [0.05, 0.1) is 6.10 Å². The van der Waals surface area contributed by atoms with Gasteiger partial charge >= 0.3 is 5.97 Å². The summed E-state index contributed by atoms with van der Waals surface area (Å²) < 4.78 is 11.1. The highest BCUT2D eigenvalue weighted by Gasteiger charge is 2.45. The third-order valence-electron chi connectivity index (χ3n) is 4.55. The molecule has 1 aliphatic heterocycles. The van der Waals surface area contributed by atoms with E-state index >= 15 is 0 Å². The van der Waals surface area contributed by atoms with Crippen LogP contribution in [0.3, 0.4) is 0 Å².